The van der Waals surface area contributed by atoms with Gasteiger partial charge in [0.15, 0.2) is 0 Å². The molecular formula is C14H21ClN2O4S. The summed E-state index contributed by atoms with van der Waals surface area (Å²) in [4.78, 5) is 11.9. The number of anilines is 1. The standard InChI is InChI=1S/C14H21ClN2O4S/c1-11-5-6-12(15)9-13(11)17(22(3,19)20)10-14(18)16-7-4-8-21-2/h5-6,9H,4,7-8,10H2,1-3H3,(H,16,18). The minimum absolute atomic E-state index is 0.285. The molecule has 1 aromatic carbocycles. The van der Waals surface area contributed by atoms with E-state index < -0.39 is 10.0 Å². The first kappa shape index (κ1) is 18.7. The van der Waals surface area contributed by atoms with Gasteiger partial charge >= 0.3 is 0 Å². The number of carbonyl (C=O) groups excluding carboxylic acids is 1. The second-order valence-electron chi connectivity index (χ2n) is 4.90. The predicted octanol–water partition coefficient (Wildman–Crippen LogP) is 1.57. The number of carbonyl (C=O) groups is 1. The number of nitrogens with one attached hydrogen (secondary N) is 1. The zero-order valence-electron chi connectivity index (χ0n) is 12.9. The number of methoxy groups -OCH3 is 1. The van der Waals surface area contributed by atoms with Crippen LogP contribution in [-0.2, 0) is 19.6 Å². The second kappa shape index (κ2) is 8.36. The van der Waals surface area contributed by atoms with Gasteiger partial charge < -0.3 is 10.1 Å². The van der Waals surface area contributed by atoms with Crippen molar-refractivity contribution < 1.29 is 17.9 Å². The van der Waals surface area contributed by atoms with Crippen LogP contribution in [0, 0.1) is 6.92 Å². The molecule has 0 aliphatic carbocycles. The number of hydrogen-bond donors (Lipinski definition) is 1. The summed E-state index contributed by atoms with van der Waals surface area (Å²) in [6.07, 6.45) is 1.73. The van der Waals surface area contributed by atoms with Gasteiger partial charge in [0.05, 0.1) is 11.9 Å². The van der Waals surface area contributed by atoms with Crippen LogP contribution in [-0.4, -0.2) is 47.4 Å². The highest BCUT2D eigenvalue weighted by molar-refractivity contribution is 7.92. The summed E-state index contributed by atoms with van der Waals surface area (Å²) in [5.74, 6) is -0.374. The molecule has 6 nitrogen and oxygen atoms in total. The summed E-state index contributed by atoms with van der Waals surface area (Å²) >= 11 is 5.93. The number of rotatable bonds is 8. The molecule has 0 aliphatic rings. The van der Waals surface area contributed by atoms with Crippen molar-refractivity contribution in [2.24, 2.45) is 0 Å². The smallest absolute Gasteiger partial charge is 0.240 e. The first-order valence-electron chi connectivity index (χ1n) is 6.75. The molecule has 0 atom stereocenters. The number of sulfonamides is 1. The Labute approximate surface area is 136 Å². The highest BCUT2D eigenvalue weighted by Crippen LogP contribution is 2.26. The summed E-state index contributed by atoms with van der Waals surface area (Å²) in [5.41, 5.74) is 1.13. The second-order valence-corrected chi connectivity index (χ2v) is 7.24. The Morgan fingerprint density at radius 2 is 2.09 bits per heavy atom. The number of hydrogen-bond acceptors (Lipinski definition) is 4. The van der Waals surface area contributed by atoms with Gasteiger partial charge in [-0.25, -0.2) is 8.42 Å². The maximum absolute atomic E-state index is 12.0. The van der Waals surface area contributed by atoms with Gasteiger partial charge in [-0.15, -0.1) is 0 Å². The van der Waals surface area contributed by atoms with Crippen molar-refractivity contribution in [3.63, 3.8) is 0 Å². The van der Waals surface area contributed by atoms with Crippen LogP contribution in [0.3, 0.4) is 0 Å². The van der Waals surface area contributed by atoms with Crippen LogP contribution in [0.2, 0.25) is 5.02 Å². The van der Waals surface area contributed by atoms with Crippen LogP contribution < -0.4 is 9.62 Å². The number of aryl methyl sites for hydroxylation is 1. The van der Waals surface area contributed by atoms with Gasteiger partial charge in [0.1, 0.15) is 6.54 Å². The SMILES string of the molecule is COCCCNC(=O)CN(c1cc(Cl)ccc1C)S(C)(=O)=O. The Kier molecular flexibility index (Phi) is 7.12. The van der Waals surface area contributed by atoms with E-state index in [1.807, 2.05) is 0 Å². The topological polar surface area (TPSA) is 75.7 Å². The Balaban J connectivity index is 2.87. The fourth-order valence-corrected chi connectivity index (χ4v) is 2.94. The van der Waals surface area contributed by atoms with E-state index in [-0.39, 0.29) is 12.5 Å². The molecule has 1 amide bonds. The van der Waals surface area contributed by atoms with Crippen molar-refractivity contribution >= 4 is 33.2 Å². The average Bonchev–Trinajstić information content (AvgIpc) is 2.43. The van der Waals surface area contributed by atoms with E-state index in [2.05, 4.69) is 5.32 Å². The van der Waals surface area contributed by atoms with Crippen molar-refractivity contribution in [1.29, 1.82) is 0 Å². The van der Waals surface area contributed by atoms with E-state index in [1.165, 1.54) is 6.07 Å². The third kappa shape index (κ3) is 5.82. The van der Waals surface area contributed by atoms with Gasteiger partial charge in [0, 0.05) is 25.3 Å². The minimum atomic E-state index is -3.60. The molecule has 0 aromatic heterocycles. The number of amides is 1. The number of halogens is 1. The van der Waals surface area contributed by atoms with Gasteiger partial charge in [-0.2, -0.15) is 0 Å². The normalized spacial score (nSPS) is 11.3. The monoisotopic (exact) mass is 348 g/mol. The van der Waals surface area contributed by atoms with E-state index in [9.17, 15) is 13.2 Å². The number of nitrogens with zero attached hydrogens (tertiary/aromatic N) is 1. The molecule has 0 aliphatic heterocycles. The zero-order valence-corrected chi connectivity index (χ0v) is 14.5. The molecule has 8 heteroatoms. The summed E-state index contributed by atoms with van der Waals surface area (Å²) in [6.45, 7) is 2.44. The van der Waals surface area contributed by atoms with Crippen LogP contribution in [0.25, 0.3) is 0 Å². The minimum Gasteiger partial charge on any atom is -0.385 e. The lowest BCUT2D eigenvalue weighted by molar-refractivity contribution is -0.119. The first-order valence-corrected chi connectivity index (χ1v) is 8.98. The molecular weight excluding hydrogens is 328 g/mol. The summed E-state index contributed by atoms with van der Waals surface area (Å²) < 4.78 is 29.9. The Bertz CT molecular complexity index is 619. The van der Waals surface area contributed by atoms with Crippen molar-refractivity contribution in [3.8, 4) is 0 Å². The van der Waals surface area contributed by atoms with Crippen LogP contribution in [0.4, 0.5) is 5.69 Å². The van der Waals surface area contributed by atoms with E-state index in [0.29, 0.717) is 30.3 Å². The maximum Gasteiger partial charge on any atom is 0.240 e. The van der Waals surface area contributed by atoms with Gasteiger partial charge in [0.2, 0.25) is 15.9 Å². The Morgan fingerprint density at radius 1 is 1.41 bits per heavy atom. The maximum atomic E-state index is 12.0. The predicted molar refractivity (Wildman–Crippen MR) is 87.9 cm³/mol. The van der Waals surface area contributed by atoms with Crippen LogP contribution in [0.15, 0.2) is 18.2 Å². The third-order valence-electron chi connectivity index (χ3n) is 2.97. The average molecular weight is 349 g/mol. The van der Waals surface area contributed by atoms with Crippen molar-refractivity contribution in [1.82, 2.24) is 5.32 Å². The van der Waals surface area contributed by atoms with Gasteiger partial charge in [-0.3, -0.25) is 9.10 Å². The summed E-state index contributed by atoms with van der Waals surface area (Å²) in [5, 5.41) is 3.08. The molecule has 1 rings (SSSR count). The van der Waals surface area contributed by atoms with Crippen LogP contribution in [0.5, 0.6) is 0 Å². The summed E-state index contributed by atoms with van der Waals surface area (Å²) in [7, 11) is -2.02. The molecule has 0 saturated heterocycles. The quantitative estimate of drug-likeness (QED) is 0.723. The molecule has 0 unspecified atom stereocenters. The third-order valence-corrected chi connectivity index (χ3v) is 4.34. The van der Waals surface area contributed by atoms with E-state index in [0.717, 1.165) is 16.1 Å². The van der Waals surface area contributed by atoms with E-state index in [4.69, 9.17) is 16.3 Å². The molecule has 124 valence electrons. The van der Waals surface area contributed by atoms with Crippen LogP contribution >= 0.6 is 11.6 Å². The largest absolute Gasteiger partial charge is 0.385 e. The molecule has 0 fully saturated rings. The van der Waals surface area contributed by atoms with Gasteiger partial charge in [-0.1, -0.05) is 17.7 Å². The highest BCUT2D eigenvalue weighted by atomic mass is 35.5. The molecule has 0 spiro atoms. The number of benzene rings is 1. The van der Waals surface area contributed by atoms with Crippen LogP contribution in [0.1, 0.15) is 12.0 Å². The Hall–Kier alpha value is -1.31. The molecule has 0 heterocycles. The highest BCUT2D eigenvalue weighted by Gasteiger charge is 2.22. The van der Waals surface area contributed by atoms with E-state index >= 15 is 0 Å². The lowest BCUT2D eigenvalue weighted by atomic mass is 10.2. The molecule has 1 aromatic rings. The van der Waals surface area contributed by atoms with Crippen molar-refractivity contribution in [2.75, 3.05) is 37.4 Å². The lowest BCUT2D eigenvalue weighted by Crippen LogP contribution is -2.41. The van der Waals surface area contributed by atoms with Crippen molar-refractivity contribution in [2.45, 2.75) is 13.3 Å². The summed E-state index contributed by atoms with van der Waals surface area (Å²) in [6, 6.07) is 4.92. The fraction of sp³-hybridized carbons (Fsp3) is 0.500. The van der Waals surface area contributed by atoms with Gasteiger partial charge in [0.25, 0.3) is 0 Å². The molecule has 1 N–H and O–H groups in total. The molecule has 0 bridgehead atoms. The van der Waals surface area contributed by atoms with Gasteiger partial charge in [-0.05, 0) is 31.0 Å². The molecule has 0 saturated carbocycles. The fourth-order valence-electron chi connectivity index (χ4n) is 1.86. The lowest BCUT2D eigenvalue weighted by Gasteiger charge is -2.23. The molecule has 22 heavy (non-hydrogen) atoms. The molecule has 0 radical (unpaired) electrons. The Morgan fingerprint density at radius 3 is 2.68 bits per heavy atom. The van der Waals surface area contributed by atoms with E-state index in [1.54, 1.807) is 26.2 Å². The zero-order chi connectivity index (χ0) is 16.8. The first-order chi connectivity index (χ1) is 10.3. The number of ether oxygens (including phenoxy) is 1. The van der Waals surface area contributed by atoms with Crippen molar-refractivity contribution in [3.05, 3.63) is 28.8 Å².